The zero-order valence-corrected chi connectivity index (χ0v) is 26.6. The van der Waals surface area contributed by atoms with Gasteiger partial charge in [0.25, 0.3) is 5.91 Å². The van der Waals surface area contributed by atoms with Crippen molar-refractivity contribution in [3.8, 4) is 17.2 Å². The molecule has 10 heteroatoms. The molecule has 0 spiro atoms. The Bertz CT molecular complexity index is 1910. The van der Waals surface area contributed by atoms with Crippen LogP contribution < -0.4 is 24.4 Å². The Balaban J connectivity index is 1.55. The van der Waals surface area contributed by atoms with Crippen LogP contribution in [0.4, 0.5) is 5.69 Å². The number of amides is 2. The Hall–Kier alpha value is -5.22. The summed E-state index contributed by atoms with van der Waals surface area (Å²) in [5.41, 5.74) is 2.81. The van der Waals surface area contributed by atoms with Gasteiger partial charge >= 0.3 is 0 Å². The smallest absolute Gasteiger partial charge is 0.268 e. The summed E-state index contributed by atoms with van der Waals surface area (Å²) in [5, 5.41) is 4.99. The number of nitrogens with zero attached hydrogens (tertiary/aromatic N) is 2. The van der Waals surface area contributed by atoms with Gasteiger partial charge in [-0.05, 0) is 53.9 Å². The average Bonchev–Trinajstić information content (AvgIpc) is 3.70. The van der Waals surface area contributed by atoms with Gasteiger partial charge in [-0.3, -0.25) is 14.5 Å². The van der Waals surface area contributed by atoms with Crippen molar-refractivity contribution in [3.63, 3.8) is 0 Å². The number of hydrogen-bond acceptors (Lipinski definition) is 6. The maximum atomic E-state index is 15.6. The monoisotopic (exact) mass is 621 g/mol. The summed E-state index contributed by atoms with van der Waals surface area (Å²) in [5.74, 6) is 1.25. The molecule has 0 aliphatic carbocycles. The maximum Gasteiger partial charge on any atom is 0.268 e. The molecule has 1 atom stereocenters. The first-order chi connectivity index (χ1) is 22.4. The Kier molecular flexibility index (Phi) is 8.72. The number of carbonyl (C=O) groups excluding carboxylic acids is 2. The molecule has 6 rings (SSSR count). The van der Waals surface area contributed by atoms with Gasteiger partial charge < -0.3 is 34.4 Å². The fraction of sp³-hybridized carbons (Fsp3) is 0.278. The van der Waals surface area contributed by atoms with E-state index < -0.39 is 5.66 Å². The number of benzene rings is 3. The largest absolute Gasteiger partial charge is 0.497 e. The van der Waals surface area contributed by atoms with E-state index in [0.717, 1.165) is 39.4 Å². The van der Waals surface area contributed by atoms with Crippen molar-refractivity contribution < 1.29 is 23.8 Å². The quantitative estimate of drug-likeness (QED) is 0.167. The highest BCUT2D eigenvalue weighted by atomic mass is 16.5. The lowest BCUT2D eigenvalue weighted by molar-refractivity contribution is -0.139. The number of aromatic nitrogens is 2. The molecule has 0 saturated carbocycles. The van der Waals surface area contributed by atoms with Crippen LogP contribution in [0.3, 0.4) is 0 Å². The molecule has 3 heterocycles. The number of aromatic amines is 2. The van der Waals surface area contributed by atoms with Gasteiger partial charge in [-0.25, -0.2) is 0 Å². The zero-order valence-electron chi connectivity index (χ0n) is 26.6. The molecule has 1 aliphatic rings. The molecular weight excluding hydrogens is 582 g/mol. The minimum Gasteiger partial charge on any atom is -0.497 e. The van der Waals surface area contributed by atoms with Gasteiger partial charge in [0.05, 0.1) is 33.6 Å². The molecule has 0 fully saturated rings. The normalized spacial score (nSPS) is 14.6. The number of methoxy groups -OCH3 is 3. The first kappa shape index (κ1) is 30.8. The summed E-state index contributed by atoms with van der Waals surface area (Å²) >= 11 is 0. The first-order valence-corrected chi connectivity index (χ1v) is 15.3. The van der Waals surface area contributed by atoms with E-state index in [-0.39, 0.29) is 24.8 Å². The molecule has 0 saturated heterocycles. The number of fused-ring (bicyclic) bond motifs is 2. The van der Waals surface area contributed by atoms with Crippen molar-refractivity contribution in [3.05, 3.63) is 96.3 Å². The molecule has 238 valence electrons. The number of para-hydroxylation sites is 1. The molecular formula is C36H39N5O5. The van der Waals surface area contributed by atoms with Gasteiger partial charge in [-0.1, -0.05) is 36.4 Å². The van der Waals surface area contributed by atoms with Crippen molar-refractivity contribution in [2.45, 2.75) is 32.0 Å². The summed E-state index contributed by atoms with van der Waals surface area (Å²) in [7, 11) is 4.79. The van der Waals surface area contributed by atoms with E-state index in [0.29, 0.717) is 36.0 Å². The standard InChI is InChI=1S/C36H39N5O5/c1-24(42)39-36(40-16-8-5-9-17-40,20-26-21-37-30-11-7-6-10-28(26)30)35(43)41(23-25-12-15-33(45-3)34(18-25)46-4)32-22-38-31-14-13-27(44-2)19-29(31)32/h5-8,10-15,18-19,21-22,37-38H,9,16-17,20,23H2,1-4H3,(H,39,42). The molecule has 2 amide bonds. The lowest BCUT2D eigenvalue weighted by Crippen LogP contribution is -2.70. The third-order valence-electron chi connectivity index (χ3n) is 8.65. The molecule has 0 bridgehead atoms. The van der Waals surface area contributed by atoms with Crippen LogP contribution in [0, 0.1) is 0 Å². The molecule has 5 aromatic rings. The van der Waals surface area contributed by atoms with E-state index in [1.807, 2.05) is 73.1 Å². The molecule has 46 heavy (non-hydrogen) atoms. The second-order valence-electron chi connectivity index (χ2n) is 11.4. The topological polar surface area (TPSA) is 112 Å². The van der Waals surface area contributed by atoms with Gasteiger partial charge in [0, 0.05) is 60.6 Å². The van der Waals surface area contributed by atoms with Crippen molar-refractivity contribution in [1.29, 1.82) is 0 Å². The predicted octanol–water partition coefficient (Wildman–Crippen LogP) is 5.55. The van der Waals surface area contributed by atoms with Crippen molar-refractivity contribution in [2.75, 3.05) is 39.3 Å². The number of nitrogens with one attached hydrogen (secondary N) is 3. The van der Waals surface area contributed by atoms with Crippen LogP contribution in [0.5, 0.6) is 17.2 Å². The van der Waals surface area contributed by atoms with Gasteiger partial charge in [0.2, 0.25) is 5.91 Å². The second kappa shape index (κ2) is 13.0. The first-order valence-electron chi connectivity index (χ1n) is 15.3. The summed E-state index contributed by atoms with van der Waals surface area (Å²) in [6.45, 7) is 2.76. The van der Waals surface area contributed by atoms with Crippen LogP contribution in [0.1, 0.15) is 24.5 Å². The van der Waals surface area contributed by atoms with Gasteiger partial charge in [-0.2, -0.15) is 0 Å². The number of H-pyrrole nitrogens is 2. The number of hydrogen-bond donors (Lipinski definition) is 3. The summed E-state index contributed by atoms with van der Waals surface area (Å²) in [6.07, 6.45) is 8.93. The van der Waals surface area contributed by atoms with E-state index >= 15 is 4.79 Å². The fourth-order valence-corrected chi connectivity index (χ4v) is 6.42. The molecule has 3 N–H and O–H groups in total. The molecule has 1 unspecified atom stereocenters. The molecule has 2 aromatic heterocycles. The lowest BCUT2D eigenvalue weighted by Gasteiger charge is -2.46. The number of anilines is 1. The Morgan fingerprint density at radius 2 is 1.67 bits per heavy atom. The van der Waals surface area contributed by atoms with Crippen LogP contribution in [0.15, 0.2) is 85.2 Å². The van der Waals surface area contributed by atoms with E-state index in [9.17, 15) is 4.79 Å². The highest BCUT2D eigenvalue weighted by molar-refractivity contribution is 6.08. The Morgan fingerprint density at radius 1 is 0.891 bits per heavy atom. The average molecular weight is 622 g/mol. The van der Waals surface area contributed by atoms with Crippen LogP contribution in [-0.2, 0) is 22.6 Å². The van der Waals surface area contributed by atoms with E-state index in [2.05, 4.69) is 32.3 Å². The number of carbonyl (C=O) groups is 2. The van der Waals surface area contributed by atoms with Gasteiger partial charge in [0.15, 0.2) is 17.2 Å². The van der Waals surface area contributed by atoms with Crippen molar-refractivity contribution >= 4 is 39.3 Å². The Labute approximate surface area is 267 Å². The van der Waals surface area contributed by atoms with Crippen molar-refractivity contribution in [2.24, 2.45) is 0 Å². The lowest BCUT2D eigenvalue weighted by atomic mass is 9.93. The zero-order chi connectivity index (χ0) is 32.3. The fourth-order valence-electron chi connectivity index (χ4n) is 6.42. The third kappa shape index (κ3) is 5.79. The highest BCUT2D eigenvalue weighted by Crippen LogP contribution is 2.36. The van der Waals surface area contributed by atoms with E-state index in [4.69, 9.17) is 14.2 Å². The second-order valence-corrected chi connectivity index (χ2v) is 11.4. The molecule has 10 nitrogen and oxygen atoms in total. The molecule has 1 aliphatic heterocycles. The van der Waals surface area contributed by atoms with Gasteiger partial charge in [0.1, 0.15) is 5.75 Å². The summed E-state index contributed by atoms with van der Waals surface area (Å²) in [4.78, 5) is 39.2. The van der Waals surface area contributed by atoms with Gasteiger partial charge in [-0.15, -0.1) is 0 Å². The molecule has 3 aromatic carbocycles. The third-order valence-corrected chi connectivity index (χ3v) is 8.65. The summed E-state index contributed by atoms with van der Waals surface area (Å²) < 4.78 is 16.7. The van der Waals surface area contributed by atoms with E-state index in [1.54, 1.807) is 26.2 Å². The molecule has 0 radical (unpaired) electrons. The highest BCUT2D eigenvalue weighted by Gasteiger charge is 2.48. The Morgan fingerprint density at radius 3 is 2.41 bits per heavy atom. The number of ether oxygens (including phenoxy) is 3. The minimum absolute atomic E-state index is 0.197. The van der Waals surface area contributed by atoms with Crippen LogP contribution in [0.2, 0.25) is 0 Å². The van der Waals surface area contributed by atoms with Crippen LogP contribution in [0.25, 0.3) is 21.8 Å². The van der Waals surface area contributed by atoms with Crippen molar-refractivity contribution in [1.82, 2.24) is 20.2 Å². The van der Waals surface area contributed by atoms with Crippen LogP contribution >= 0.6 is 0 Å². The predicted molar refractivity (Wildman–Crippen MR) is 179 cm³/mol. The van der Waals surface area contributed by atoms with Crippen LogP contribution in [-0.4, -0.2) is 66.8 Å². The number of rotatable bonds is 11. The van der Waals surface area contributed by atoms with E-state index in [1.165, 1.54) is 6.92 Å². The summed E-state index contributed by atoms with van der Waals surface area (Å²) in [6, 6.07) is 19.3. The SMILES string of the molecule is COc1ccc2[nH]cc(N(Cc3ccc(OC)c(OC)c3)C(=O)C(Cc3c[nH]c4ccccc34)(NC(C)=O)N3CC=CCC3)c2c1. The minimum atomic E-state index is -1.42. The maximum absolute atomic E-state index is 15.6.